The molecule has 110 valence electrons. The van der Waals surface area contributed by atoms with Crippen LogP contribution in [0.1, 0.15) is 21.6 Å². The minimum Gasteiger partial charge on any atom is -0.348 e. The van der Waals surface area contributed by atoms with Gasteiger partial charge in [-0.15, -0.1) is 0 Å². The Labute approximate surface area is 126 Å². The molecule has 7 heteroatoms. The molecular formula is C14H14ClFN4O. The Morgan fingerprint density at radius 2 is 2.14 bits per heavy atom. The first kappa shape index (κ1) is 15.2. The van der Waals surface area contributed by atoms with E-state index in [0.717, 1.165) is 0 Å². The highest BCUT2D eigenvalue weighted by Crippen LogP contribution is 2.16. The summed E-state index contributed by atoms with van der Waals surface area (Å²) in [5, 5.41) is 2.75. The Morgan fingerprint density at radius 3 is 2.81 bits per heavy atom. The molecule has 0 radical (unpaired) electrons. The van der Waals surface area contributed by atoms with Gasteiger partial charge in [-0.25, -0.2) is 15.2 Å². The molecular weight excluding hydrogens is 295 g/mol. The van der Waals surface area contributed by atoms with Crippen molar-refractivity contribution in [1.82, 2.24) is 10.3 Å². The van der Waals surface area contributed by atoms with Crippen LogP contribution in [0.5, 0.6) is 0 Å². The fraction of sp³-hybridized carbons (Fsp3) is 0.143. The number of pyridine rings is 1. The number of nitrogens with two attached hydrogens (primary N) is 1. The molecule has 4 N–H and O–H groups in total. The van der Waals surface area contributed by atoms with Crippen molar-refractivity contribution >= 4 is 23.3 Å². The van der Waals surface area contributed by atoms with Gasteiger partial charge in [-0.05, 0) is 36.8 Å². The lowest BCUT2D eigenvalue weighted by Crippen LogP contribution is -2.23. The highest BCUT2D eigenvalue weighted by atomic mass is 35.5. The molecule has 0 unspecified atom stereocenters. The Kier molecular flexibility index (Phi) is 4.72. The lowest BCUT2D eigenvalue weighted by Gasteiger charge is -2.08. The summed E-state index contributed by atoms with van der Waals surface area (Å²) >= 11 is 5.69. The molecule has 1 aromatic heterocycles. The van der Waals surface area contributed by atoms with E-state index < -0.39 is 5.82 Å². The van der Waals surface area contributed by atoms with Crippen LogP contribution in [-0.2, 0) is 6.54 Å². The van der Waals surface area contributed by atoms with Crippen LogP contribution in [0.15, 0.2) is 30.3 Å². The quantitative estimate of drug-likeness (QED) is 0.598. The lowest BCUT2D eigenvalue weighted by atomic mass is 10.2. The Bertz CT molecular complexity index is 678. The summed E-state index contributed by atoms with van der Waals surface area (Å²) in [6.45, 7) is 2.00. The molecule has 0 aliphatic rings. The maximum Gasteiger partial charge on any atom is 0.251 e. The van der Waals surface area contributed by atoms with Crippen LogP contribution < -0.4 is 16.6 Å². The SMILES string of the molecule is Cc1cc(C(=O)NCc2ccc(F)c(Cl)c2)cc(NN)n1. The summed E-state index contributed by atoms with van der Waals surface area (Å²) in [4.78, 5) is 16.2. The number of hydrazine groups is 1. The van der Waals surface area contributed by atoms with E-state index in [0.29, 0.717) is 22.6 Å². The number of carbonyl (C=O) groups is 1. The van der Waals surface area contributed by atoms with Crippen LogP contribution in [0.2, 0.25) is 5.02 Å². The topological polar surface area (TPSA) is 80.0 Å². The molecule has 2 aromatic rings. The summed E-state index contributed by atoms with van der Waals surface area (Å²) in [6, 6.07) is 7.48. The first-order chi connectivity index (χ1) is 9.99. The van der Waals surface area contributed by atoms with E-state index in [-0.39, 0.29) is 17.5 Å². The van der Waals surface area contributed by atoms with Crippen LogP contribution >= 0.6 is 11.6 Å². The molecule has 2 rings (SSSR count). The third-order valence-corrected chi connectivity index (χ3v) is 3.09. The maximum absolute atomic E-state index is 13.0. The highest BCUT2D eigenvalue weighted by molar-refractivity contribution is 6.30. The number of aromatic nitrogens is 1. The van der Waals surface area contributed by atoms with Crippen molar-refractivity contribution in [3.8, 4) is 0 Å². The van der Waals surface area contributed by atoms with Gasteiger partial charge in [-0.3, -0.25) is 4.79 Å². The monoisotopic (exact) mass is 308 g/mol. The lowest BCUT2D eigenvalue weighted by molar-refractivity contribution is 0.0950. The third kappa shape index (κ3) is 3.90. The first-order valence-corrected chi connectivity index (χ1v) is 6.55. The molecule has 0 spiro atoms. The Balaban J connectivity index is 2.07. The molecule has 0 atom stereocenters. The van der Waals surface area contributed by atoms with Gasteiger partial charge in [0.2, 0.25) is 0 Å². The second kappa shape index (κ2) is 6.51. The number of nitrogens with zero attached hydrogens (tertiary/aromatic N) is 1. The highest BCUT2D eigenvalue weighted by Gasteiger charge is 2.09. The fourth-order valence-electron chi connectivity index (χ4n) is 1.81. The molecule has 5 nitrogen and oxygen atoms in total. The van der Waals surface area contributed by atoms with Crippen molar-refractivity contribution in [3.63, 3.8) is 0 Å². The number of anilines is 1. The van der Waals surface area contributed by atoms with Crippen molar-refractivity contribution in [1.29, 1.82) is 0 Å². The molecule has 0 aliphatic carbocycles. The Morgan fingerprint density at radius 1 is 1.38 bits per heavy atom. The van der Waals surface area contributed by atoms with Crippen LogP contribution in [0, 0.1) is 12.7 Å². The zero-order chi connectivity index (χ0) is 15.4. The second-order valence-corrected chi connectivity index (χ2v) is 4.87. The number of carbonyl (C=O) groups excluding carboxylic acids is 1. The second-order valence-electron chi connectivity index (χ2n) is 4.46. The normalized spacial score (nSPS) is 10.3. The molecule has 1 amide bonds. The number of hydrogen-bond donors (Lipinski definition) is 3. The smallest absolute Gasteiger partial charge is 0.251 e. The van der Waals surface area contributed by atoms with E-state index in [9.17, 15) is 9.18 Å². The molecule has 0 bridgehead atoms. The Hall–Kier alpha value is -2.18. The van der Waals surface area contributed by atoms with Crippen LogP contribution in [0.4, 0.5) is 10.2 Å². The average molecular weight is 309 g/mol. The molecule has 21 heavy (non-hydrogen) atoms. The maximum atomic E-state index is 13.0. The van der Waals surface area contributed by atoms with Gasteiger partial charge in [0.1, 0.15) is 11.6 Å². The summed E-state index contributed by atoms with van der Waals surface area (Å²) in [5.41, 5.74) is 4.21. The van der Waals surface area contributed by atoms with Crippen molar-refractivity contribution in [3.05, 3.63) is 58.0 Å². The molecule has 0 saturated carbocycles. The number of rotatable bonds is 4. The van der Waals surface area contributed by atoms with Crippen molar-refractivity contribution in [2.24, 2.45) is 5.84 Å². The summed E-state index contributed by atoms with van der Waals surface area (Å²) in [6.07, 6.45) is 0. The van der Waals surface area contributed by atoms with Gasteiger partial charge in [0.15, 0.2) is 0 Å². The molecule has 1 heterocycles. The minimum absolute atomic E-state index is 0.0242. The number of aryl methyl sites for hydroxylation is 1. The van der Waals surface area contributed by atoms with E-state index in [1.807, 2.05) is 0 Å². The van der Waals surface area contributed by atoms with Crippen LogP contribution in [0.3, 0.4) is 0 Å². The van der Waals surface area contributed by atoms with E-state index in [1.54, 1.807) is 25.1 Å². The largest absolute Gasteiger partial charge is 0.348 e. The van der Waals surface area contributed by atoms with Gasteiger partial charge < -0.3 is 10.7 Å². The number of nitrogen functional groups attached to an aromatic ring is 1. The number of halogens is 2. The summed E-state index contributed by atoms with van der Waals surface area (Å²) in [5.74, 6) is 4.93. The van der Waals surface area contributed by atoms with E-state index in [1.165, 1.54) is 12.1 Å². The minimum atomic E-state index is -0.491. The predicted molar refractivity (Wildman–Crippen MR) is 79.4 cm³/mol. The molecule has 0 aliphatic heterocycles. The predicted octanol–water partition coefficient (Wildman–Crippen LogP) is 2.40. The van der Waals surface area contributed by atoms with Gasteiger partial charge >= 0.3 is 0 Å². The van der Waals surface area contributed by atoms with Gasteiger partial charge in [0.05, 0.1) is 5.02 Å². The van der Waals surface area contributed by atoms with E-state index in [4.69, 9.17) is 17.4 Å². The van der Waals surface area contributed by atoms with Gasteiger partial charge in [-0.2, -0.15) is 0 Å². The summed E-state index contributed by atoms with van der Waals surface area (Å²) in [7, 11) is 0. The number of nitrogens with one attached hydrogen (secondary N) is 2. The molecule has 0 fully saturated rings. The van der Waals surface area contributed by atoms with Gasteiger partial charge in [0.25, 0.3) is 5.91 Å². The summed E-state index contributed by atoms with van der Waals surface area (Å²) < 4.78 is 13.0. The van der Waals surface area contributed by atoms with E-state index >= 15 is 0 Å². The van der Waals surface area contributed by atoms with Gasteiger partial charge in [-0.1, -0.05) is 17.7 Å². The zero-order valence-electron chi connectivity index (χ0n) is 11.3. The molecule has 0 saturated heterocycles. The molecule has 1 aromatic carbocycles. The van der Waals surface area contributed by atoms with Crippen molar-refractivity contribution < 1.29 is 9.18 Å². The van der Waals surface area contributed by atoms with Gasteiger partial charge in [0, 0.05) is 17.8 Å². The third-order valence-electron chi connectivity index (χ3n) is 2.80. The van der Waals surface area contributed by atoms with Crippen LogP contribution in [-0.4, -0.2) is 10.9 Å². The number of amides is 1. The number of hydrogen-bond acceptors (Lipinski definition) is 4. The van der Waals surface area contributed by atoms with Crippen molar-refractivity contribution in [2.75, 3.05) is 5.43 Å². The van der Waals surface area contributed by atoms with Crippen molar-refractivity contribution in [2.45, 2.75) is 13.5 Å². The zero-order valence-corrected chi connectivity index (χ0v) is 12.0. The number of benzene rings is 1. The standard InChI is InChI=1S/C14H14ClFN4O/c1-8-4-10(6-13(19-8)20-17)14(21)18-7-9-2-3-12(16)11(15)5-9/h2-6H,7,17H2,1H3,(H,18,21)(H,19,20). The van der Waals surface area contributed by atoms with E-state index in [2.05, 4.69) is 15.7 Å². The first-order valence-electron chi connectivity index (χ1n) is 6.17. The fourth-order valence-corrected chi connectivity index (χ4v) is 2.01. The average Bonchev–Trinajstić information content (AvgIpc) is 2.47. The van der Waals surface area contributed by atoms with Crippen LogP contribution in [0.25, 0.3) is 0 Å².